The SMILES string of the molecule is COC1C(=O)NN(c2ccccc2)C=C1Cl. The first-order chi connectivity index (χ1) is 7.72. The first-order valence-electron chi connectivity index (χ1n) is 4.77. The van der Waals surface area contributed by atoms with Gasteiger partial charge in [-0.3, -0.25) is 15.2 Å². The molecule has 0 saturated carbocycles. The minimum Gasteiger partial charge on any atom is -0.366 e. The minimum atomic E-state index is -0.721. The Balaban J connectivity index is 2.27. The van der Waals surface area contributed by atoms with E-state index in [1.165, 1.54) is 7.11 Å². The van der Waals surface area contributed by atoms with Crippen LogP contribution in [0.3, 0.4) is 0 Å². The third-order valence-electron chi connectivity index (χ3n) is 2.24. The standard InChI is InChI=1S/C11H11ClN2O2/c1-16-10-9(12)7-14(13-11(10)15)8-5-3-2-4-6-8/h2-7,10H,1H3,(H,13,15). The molecule has 0 spiro atoms. The van der Waals surface area contributed by atoms with Crippen LogP contribution in [0.2, 0.25) is 0 Å². The van der Waals surface area contributed by atoms with Crippen LogP contribution < -0.4 is 10.4 Å². The monoisotopic (exact) mass is 238 g/mol. The van der Waals surface area contributed by atoms with Crippen molar-refractivity contribution in [2.45, 2.75) is 6.10 Å². The second-order valence-corrected chi connectivity index (χ2v) is 3.75. The van der Waals surface area contributed by atoms with Crippen LogP contribution in [-0.4, -0.2) is 19.1 Å². The summed E-state index contributed by atoms with van der Waals surface area (Å²) in [4.78, 5) is 11.6. The summed E-state index contributed by atoms with van der Waals surface area (Å²) in [5, 5.41) is 1.93. The summed E-state index contributed by atoms with van der Waals surface area (Å²) in [5.41, 5.74) is 3.51. The molecular formula is C11H11ClN2O2. The van der Waals surface area contributed by atoms with Crippen molar-refractivity contribution >= 4 is 23.2 Å². The molecule has 0 aliphatic carbocycles. The highest BCUT2D eigenvalue weighted by Crippen LogP contribution is 2.21. The lowest BCUT2D eigenvalue weighted by Crippen LogP contribution is -2.49. The van der Waals surface area contributed by atoms with Gasteiger partial charge in [0.2, 0.25) is 0 Å². The molecule has 4 nitrogen and oxygen atoms in total. The molecule has 1 aliphatic rings. The Labute approximate surface area is 98.4 Å². The van der Waals surface area contributed by atoms with E-state index in [0.717, 1.165) is 5.69 Å². The van der Waals surface area contributed by atoms with Crippen molar-refractivity contribution in [1.29, 1.82) is 0 Å². The topological polar surface area (TPSA) is 41.6 Å². The fourth-order valence-corrected chi connectivity index (χ4v) is 1.76. The molecule has 1 heterocycles. The molecule has 0 fully saturated rings. The van der Waals surface area contributed by atoms with Crippen LogP contribution in [0.1, 0.15) is 0 Å². The zero-order valence-corrected chi connectivity index (χ0v) is 9.44. The van der Waals surface area contributed by atoms with Crippen molar-refractivity contribution in [3.63, 3.8) is 0 Å². The fourth-order valence-electron chi connectivity index (χ4n) is 1.47. The van der Waals surface area contributed by atoms with Crippen LogP contribution in [-0.2, 0) is 9.53 Å². The summed E-state index contributed by atoms with van der Waals surface area (Å²) in [6.45, 7) is 0. The molecular weight excluding hydrogens is 228 g/mol. The zero-order chi connectivity index (χ0) is 11.5. The Bertz CT molecular complexity index is 419. The van der Waals surface area contributed by atoms with Gasteiger partial charge in [0.05, 0.1) is 10.7 Å². The van der Waals surface area contributed by atoms with Crippen LogP contribution in [0.4, 0.5) is 5.69 Å². The Kier molecular flexibility index (Phi) is 3.12. The van der Waals surface area contributed by atoms with E-state index in [9.17, 15) is 4.79 Å². The van der Waals surface area contributed by atoms with Crippen molar-refractivity contribution in [2.24, 2.45) is 0 Å². The number of hydrogen-bond acceptors (Lipinski definition) is 3. The highest BCUT2D eigenvalue weighted by Gasteiger charge is 2.28. The van der Waals surface area contributed by atoms with E-state index in [2.05, 4.69) is 5.43 Å². The molecule has 1 aliphatic heterocycles. The second-order valence-electron chi connectivity index (χ2n) is 3.31. The van der Waals surface area contributed by atoms with Crippen molar-refractivity contribution in [1.82, 2.24) is 5.43 Å². The number of methoxy groups -OCH3 is 1. The smallest absolute Gasteiger partial charge is 0.273 e. The van der Waals surface area contributed by atoms with Gasteiger partial charge in [-0.05, 0) is 12.1 Å². The van der Waals surface area contributed by atoms with E-state index in [1.807, 2.05) is 30.3 Å². The average molecular weight is 239 g/mol. The van der Waals surface area contributed by atoms with Gasteiger partial charge in [-0.2, -0.15) is 0 Å². The summed E-state index contributed by atoms with van der Waals surface area (Å²) in [6, 6.07) is 9.40. The molecule has 2 rings (SSSR count). The van der Waals surface area contributed by atoms with Gasteiger partial charge in [0.15, 0.2) is 6.10 Å². The Morgan fingerprint density at radius 3 is 2.62 bits per heavy atom. The van der Waals surface area contributed by atoms with Gasteiger partial charge in [0.25, 0.3) is 5.91 Å². The molecule has 0 saturated heterocycles. The minimum absolute atomic E-state index is 0.279. The molecule has 5 heteroatoms. The summed E-state index contributed by atoms with van der Waals surface area (Å²) in [5.74, 6) is -0.279. The van der Waals surface area contributed by atoms with Gasteiger partial charge in [0, 0.05) is 13.3 Å². The molecule has 1 aromatic rings. The average Bonchev–Trinajstić information content (AvgIpc) is 2.30. The van der Waals surface area contributed by atoms with E-state index in [1.54, 1.807) is 11.2 Å². The maximum Gasteiger partial charge on any atom is 0.273 e. The normalized spacial score (nSPS) is 20.4. The number of benzene rings is 1. The van der Waals surface area contributed by atoms with E-state index in [-0.39, 0.29) is 5.91 Å². The molecule has 16 heavy (non-hydrogen) atoms. The number of amides is 1. The van der Waals surface area contributed by atoms with Gasteiger partial charge in [-0.25, -0.2) is 0 Å². The van der Waals surface area contributed by atoms with Crippen LogP contribution in [0, 0.1) is 0 Å². The lowest BCUT2D eigenvalue weighted by molar-refractivity contribution is -0.129. The van der Waals surface area contributed by atoms with Gasteiger partial charge < -0.3 is 4.74 Å². The number of rotatable bonds is 2. The highest BCUT2D eigenvalue weighted by molar-refractivity contribution is 6.32. The fraction of sp³-hybridized carbons (Fsp3) is 0.182. The largest absolute Gasteiger partial charge is 0.366 e. The van der Waals surface area contributed by atoms with Crippen LogP contribution in [0.15, 0.2) is 41.6 Å². The molecule has 1 amide bonds. The Morgan fingerprint density at radius 2 is 2.06 bits per heavy atom. The number of anilines is 1. The molecule has 1 atom stereocenters. The Hall–Kier alpha value is -1.52. The van der Waals surface area contributed by atoms with E-state index < -0.39 is 6.10 Å². The number of hydrazine groups is 1. The van der Waals surface area contributed by atoms with E-state index >= 15 is 0 Å². The third-order valence-corrected chi connectivity index (χ3v) is 2.54. The van der Waals surface area contributed by atoms with Gasteiger partial charge in [-0.15, -0.1) is 0 Å². The number of carbonyl (C=O) groups excluding carboxylic acids is 1. The number of hydrogen-bond donors (Lipinski definition) is 1. The van der Waals surface area contributed by atoms with Crippen molar-refractivity contribution in [3.8, 4) is 0 Å². The van der Waals surface area contributed by atoms with E-state index in [4.69, 9.17) is 16.3 Å². The van der Waals surface area contributed by atoms with Crippen molar-refractivity contribution in [2.75, 3.05) is 12.1 Å². The summed E-state index contributed by atoms with van der Waals surface area (Å²) in [7, 11) is 1.44. The maximum absolute atomic E-state index is 11.6. The number of nitrogens with zero attached hydrogens (tertiary/aromatic N) is 1. The van der Waals surface area contributed by atoms with Crippen molar-refractivity contribution in [3.05, 3.63) is 41.6 Å². The molecule has 0 radical (unpaired) electrons. The second kappa shape index (κ2) is 4.55. The number of halogens is 1. The van der Waals surface area contributed by atoms with Crippen LogP contribution in [0.5, 0.6) is 0 Å². The Morgan fingerprint density at radius 1 is 1.38 bits per heavy atom. The summed E-state index contributed by atoms with van der Waals surface area (Å²) in [6.07, 6.45) is 0.911. The molecule has 1 N–H and O–H groups in total. The van der Waals surface area contributed by atoms with Gasteiger partial charge in [-0.1, -0.05) is 29.8 Å². The van der Waals surface area contributed by atoms with Gasteiger partial charge in [0.1, 0.15) is 0 Å². The maximum atomic E-state index is 11.6. The molecule has 1 unspecified atom stereocenters. The van der Waals surface area contributed by atoms with Crippen molar-refractivity contribution < 1.29 is 9.53 Å². The van der Waals surface area contributed by atoms with Gasteiger partial charge >= 0.3 is 0 Å². The highest BCUT2D eigenvalue weighted by atomic mass is 35.5. The predicted octanol–water partition coefficient (Wildman–Crippen LogP) is 1.63. The third kappa shape index (κ3) is 2.03. The molecule has 0 aromatic heterocycles. The predicted molar refractivity (Wildman–Crippen MR) is 61.8 cm³/mol. The molecule has 1 aromatic carbocycles. The number of carbonyl (C=O) groups is 1. The quantitative estimate of drug-likeness (QED) is 0.852. The number of nitrogens with one attached hydrogen (secondary N) is 1. The van der Waals surface area contributed by atoms with E-state index in [0.29, 0.717) is 5.03 Å². The zero-order valence-electron chi connectivity index (χ0n) is 8.68. The lowest BCUT2D eigenvalue weighted by Gasteiger charge is -2.29. The number of ether oxygens (including phenoxy) is 1. The number of para-hydroxylation sites is 1. The van der Waals surface area contributed by atoms with Crippen LogP contribution in [0.25, 0.3) is 0 Å². The molecule has 0 bridgehead atoms. The molecule has 84 valence electrons. The first-order valence-corrected chi connectivity index (χ1v) is 5.15. The lowest BCUT2D eigenvalue weighted by atomic mass is 10.2. The first kappa shape index (κ1) is 11.0. The summed E-state index contributed by atoms with van der Waals surface area (Å²) >= 11 is 5.96. The van der Waals surface area contributed by atoms with Crippen LogP contribution >= 0.6 is 11.6 Å². The summed E-state index contributed by atoms with van der Waals surface area (Å²) < 4.78 is 4.96.